The highest BCUT2D eigenvalue weighted by Crippen LogP contribution is 2.37. The summed E-state index contributed by atoms with van der Waals surface area (Å²) in [4.78, 5) is 0.237. The van der Waals surface area contributed by atoms with E-state index in [0.29, 0.717) is 6.42 Å². The van der Waals surface area contributed by atoms with Gasteiger partial charge in [-0.15, -0.1) is 0 Å². The first-order chi connectivity index (χ1) is 14.4. The molecule has 154 valence electrons. The van der Waals surface area contributed by atoms with Crippen molar-refractivity contribution in [2.75, 3.05) is 7.11 Å². The first kappa shape index (κ1) is 20.2. The summed E-state index contributed by atoms with van der Waals surface area (Å²) in [5.41, 5.74) is 4.71. The summed E-state index contributed by atoms with van der Waals surface area (Å²) in [5, 5.41) is 4.59. The van der Waals surface area contributed by atoms with Crippen LogP contribution in [-0.2, 0) is 10.0 Å². The zero-order chi connectivity index (χ0) is 21.3. The number of benzene rings is 3. The van der Waals surface area contributed by atoms with E-state index in [-0.39, 0.29) is 4.90 Å². The standard InChI is InChI=1S/C24H24N2O3S/c1-17-4-8-19(9-5-17)23-16-24(20-10-12-21(29-3)13-11-20)26(25-23)30(27,28)22-14-6-18(2)7-15-22/h4-15,24H,16H2,1-3H3. The summed E-state index contributed by atoms with van der Waals surface area (Å²) in [6, 6.07) is 21.9. The average molecular weight is 421 g/mol. The Bertz CT molecular complexity index is 1170. The van der Waals surface area contributed by atoms with Crippen LogP contribution in [-0.4, -0.2) is 25.7 Å². The minimum Gasteiger partial charge on any atom is -0.497 e. The maximum atomic E-state index is 13.5. The van der Waals surface area contributed by atoms with Gasteiger partial charge in [0, 0.05) is 6.42 Å². The number of aryl methyl sites for hydroxylation is 2. The Morgan fingerprint density at radius 2 is 1.43 bits per heavy atom. The van der Waals surface area contributed by atoms with Crippen molar-refractivity contribution >= 4 is 15.7 Å². The third kappa shape index (κ3) is 3.83. The van der Waals surface area contributed by atoms with Crippen molar-refractivity contribution in [2.45, 2.75) is 31.2 Å². The van der Waals surface area contributed by atoms with Crippen molar-refractivity contribution in [3.05, 3.63) is 95.1 Å². The minimum absolute atomic E-state index is 0.237. The molecule has 5 nitrogen and oxygen atoms in total. The van der Waals surface area contributed by atoms with Gasteiger partial charge in [0.15, 0.2) is 0 Å². The predicted molar refractivity (Wildman–Crippen MR) is 118 cm³/mol. The molecular formula is C24H24N2O3S. The van der Waals surface area contributed by atoms with Crippen LogP contribution in [0.4, 0.5) is 0 Å². The lowest BCUT2D eigenvalue weighted by Gasteiger charge is -2.23. The molecule has 4 rings (SSSR count). The van der Waals surface area contributed by atoms with Crippen LogP contribution in [0.1, 0.15) is 34.7 Å². The molecule has 0 saturated carbocycles. The van der Waals surface area contributed by atoms with Crippen LogP contribution in [0, 0.1) is 13.8 Å². The average Bonchev–Trinajstić information content (AvgIpc) is 3.21. The summed E-state index contributed by atoms with van der Waals surface area (Å²) >= 11 is 0. The Balaban J connectivity index is 1.78. The van der Waals surface area contributed by atoms with Gasteiger partial charge in [-0.3, -0.25) is 0 Å². The number of hydrazone groups is 1. The molecule has 0 fully saturated rings. The number of hydrogen-bond acceptors (Lipinski definition) is 4. The van der Waals surface area contributed by atoms with Crippen LogP contribution in [0.2, 0.25) is 0 Å². The SMILES string of the molecule is COc1ccc(C2CC(c3ccc(C)cc3)=NN2S(=O)(=O)c2ccc(C)cc2)cc1. The van der Waals surface area contributed by atoms with Gasteiger partial charge >= 0.3 is 0 Å². The van der Waals surface area contributed by atoms with Crippen molar-refractivity contribution in [3.63, 3.8) is 0 Å². The van der Waals surface area contributed by atoms with Crippen molar-refractivity contribution in [2.24, 2.45) is 5.10 Å². The Kier molecular flexibility index (Phi) is 5.35. The van der Waals surface area contributed by atoms with Gasteiger partial charge in [-0.05, 0) is 49.2 Å². The van der Waals surface area contributed by atoms with Crippen molar-refractivity contribution in [1.82, 2.24) is 4.41 Å². The van der Waals surface area contributed by atoms with Crippen LogP contribution >= 0.6 is 0 Å². The first-order valence-electron chi connectivity index (χ1n) is 9.78. The summed E-state index contributed by atoms with van der Waals surface area (Å²) in [7, 11) is -2.19. The molecule has 0 saturated heterocycles. The second-order valence-corrected chi connectivity index (χ2v) is 9.29. The Labute approximate surface area is 177 Å². The van der Waals surface area contributed by atoms with E-state index in [4.69, 9.17) is 4.74 Å². The fourth-order valence-corrected chi connectivity index (χ4v) is 4.96. The minimum atomic E-state index is -3.80. The second kappa shape index (κ2) is 7.95. The molecule has 0 N–H and O–H groups in total. The number of ether oxygens (including phenoxy) is 1. The van der Waals surface area contributed by atoms with E-state index in [2.05, 4.69) is 5.10 Å². The van der Waals surface area contributed by atoms with Gasteiger partial charge in [0.25, 0.3) is 10.0 Å². The van der Waals surface area contributed by atoms with Crippen molar-refractivity contribution < 1.29 is 13.2 Å². The highest BCUT2D eigenvalue weighted by molar-refractivity contribution is 7.89. The zero-order valence-corrected chi connectivity index (χ0v) is 18.1. The molecule has 0 amide bonds. The summed E-state index contributed by atoms with van der Waals surface area (Å²) in [6.07, 6.45) is 0.500. The number of nitrogens with zero attached hydrogens (tertiary/aromatic N) is 2. The van der Waals surface area contributed by atoms with E-state index < -0.39 is 16.1 Å². The van der Waals surface area contributed by atoms with Gasteiger partial charge in [0.1, 0.15) is 5.75 Å². The van der Waals surface area contributed by atoms with Crippen LogP contribution in [0.5, 0.6) is 5.75 Å². The van der Waals surface area contributed by atoms with E-state index >= 15 is 0 Å². The monoisotopic (exact) mass is 420 g/mol. The predicted octanol–water partition coefficient (Wildman–Crippen LogP) is 4.85. The fourth-order valence-electron chi connectivity index (χ4n) is 3.52. The Morgan fingerprint density at radius 3 is 2.00 bits per heavy atom. The molecule has 30 heavy (non-hydrogen) atoms. The van der Waals surface area contributed by atoms with Crippen molar-refractivity contribution in [1.29, 1.82) is 0 Å². The number of rotatable bonds is 5. The van der Waals surface area contributed by atoms with Crippen LogP contribution in [0.3, 0.4) is 0 Å². The smallest absolute Gasteiger partial charge is 0.279 e. The Hall–Kier alpha value is -3.12. The number of sulfonamides is 1. The molecule has 6 heteroatoms. The molecule has 3 aromatic rings. The topological polar surface area (TPSA) is 59.0 Å². The lowest BCUT2D eigenvalue weighted by atomic mass is 9.98. The lowest BCUT2D eigenvalue weighted by molar-refractivity contribution is 0.370. The molecule has 0 aromatic heterocycles. The van der Waals surface area contributed by atoms with Crippen LogP contribution < -0.4 is 4.74 Å². The maximum absolute atomic E-state index is 13.5. The van der Waals surface area contributed by atoms with E-state index in [0.717, 1.165) is 33.7 Å². The highest BCUT2D eigenvalue weighted by atomic mass is 32.2. The maximum Gasteiger partial charge on any atom is 0.279 e. The van der Waals surface area contributed by atoms with E-state index in [9.17, 15) is 8.42 Å². The molecule has 1 unspecified atom stereocenters. The van der Waals surface area contributed by atoms with E-state index in [1.54, 1.807) is 31.4 Å². The molecular weight excluding hydrogens is 396 g/mol. The Morgan fingerprint density at radius 1 is 0.867 bits per heavy atom. The third-order valence-electron chi connectivity index (χ3n) is 5.32. The van der Waals surface area contributed by atoms with E-state index in [1.807, 2.05) is 62.4 Å². The summed E-state index contributed by atoms with van der Waals surface area (Å²) in [5.74, 6) is 0.726. The summed E-state index contributed by atoms with van der Waals surface area (Å²) in [6.45, 7) is 3.95. The van der Waals surface area contributed by atoms with Crippen LogP contribution in [0.15, 0.2) is 82.8 Å². The highest BCUT2D eigenvalue weighted by Gasteiger charge is 2.37. The molecule has 1 aliphatic heterocycles. The molecule has 1 atom stereocenters. The number of methoxy groups -OCH3 is 1. The molecule has 1 aliphatic rings. The summed E-state index contributed by atoms with van der Waals surface area (Å²) < 4.78 is 33.5. The first-order valence-corrected chi connectivity index (χ1v) is 11.2. The fraction of sp³-hybridized carbons (Fsp3) is 0.208. The van der Waals surface area contributed by atoms with E-state index in [1.165, 1.54) is 4.41 Å². The van der Waals surface area contributed by atoms with Gasteiger partial charge in [-0.25, -0.2) is 0 Å². The molecule has 0 bridgehead atoms. The molecule has 1 heterocycles. The second-order valence-electron chi connectivity index (χ2n) is 7.50. The van der Waals surface area contributed by atoms with Crippen LogP contribution in [0.25, 0.3) is 0 Å². The van der Waals surface area contributed by atoms with Gasteiger partial charge in [-0.2, -0.15) is 17.9 Å². The quantitative estimate of drug-likeness (QED) is 0.593. The van der Waals surface area contributed by atoms with Gasteiger partial charge in [-0.1, -0.05) is 59.7 Å². The third-order valence-corrected chi connectivity index (χ3v) is 7.02. The number of hydrogen-bond donors (Lipinski definition) is 0. The van der Waals surface area contributed by atoms with Gasteiger partial charge < -0.3 is 4.74 Å². The van der Waals surface area contributed by atoms with Gasteiger partial charge in [0.05, 0.1) is 23.8 Å². The molecule has 0 aliphatic carbocycles. The molecule has 3 aromatic carbocycles. The molecule has 0 radical (unpaired) electrons. The lowest BCUT2D eigenvalue weighted by Crippen LogP contribution is -2.27. The largest absolute Gasteiger partial charge is 0.497 e. The van der Waals surface area contributed by atoms with Gasteiger partial charge in [0.2, 0.25) is 0 Å². The molecule has 0 spiro atoms. The zero-order valence-electron chi connectivity index (χ0n) is 17.2. The normalized spacial score (nSPS) is 16.4. The van der Waals surface area contributed by atoms with Crippen molar-refractivity contribution in [3.8, 4) is 5.75 Å².